The molecule has 0 amide bonds. The van der Waals surface area contributed by atoms with E-state index in [1.54, 1.807) is 67.8 Å². The summed E-state index contributed by atoms with van der Waals surface area (Å²) in [5, 5.41) is 10.9. The molecule has 0 fully saturated rings. The lowest BCUT2D eigenvalue weighted by atomic mass is 10.1. The Morgan fingerprint density at radius 2 is 1.83 bits per heavy atom. The van der Waals surface area contributed by atoms with Gasteiger partial charge in [-0.3, -0.25) is 10.1 Å². The van der Waals surface area contributed by atoms with Gasteiger partial charge in [0.2, 0.25) is 0 Å². The standard InChI is InChI=1S/C22H15NO6/c1-27-18-7-5-14(6-8-18)21-13-16(22(24)29-21)12-19-9-10-20(28-19)15-3-2-4-17(11-15)23(25)26/h2-13H,1H3. The molecule has 1 aromatic heterocycles. The molecule has 0 saturated carbocycles. The summed E-state index contributed by atoms with van der Waals surface area (Å²) < 4.78 is 16.2. The highest BCUT2D eigenvalue weighted by Gasteiger charge is 2.22. The first-order valence-corrected chi connectivity index (χ1v) is 8.68. The van der Waals surface area contributed by atoms with Crippen molar-refractivity contribution in [2.24, 2.45) is 0 Å². The van der Waals surface area contributed by atoms with Gasteiger partial charge in [0.05, 0.1) is 17.6 Å². The number of cyclic esters (lactones) is 1. The number of nitro benzene ring substituents is 1. The molecule has 144 valence electrons. The number of furan rings is 1. The molecule has 1 aliphatic heterocycles. The molecule has 7 nitrogen and oxygen atoms in total. The molecule has 2 aromatic carbocycles. The molecule has 0 saturated heterocycles. The van der Waals surface area contributed by atoms with Crippen molar-refractivity contribution in [1.82, 2.24) is 0 Å². The number of benzene rings is 2. The number of hydrogen-bond donors (Lipinski definition) is 0. The number of carbonyl (C=O) groups excluding carboxylic acids is 1. The Morgan fingerprint density at radius 1 is 1.03 bits per heavy atom. The van der Waals surface area contributed by atoms with E-state index in [9.17, 15) is 14.9 Å². The van der Waals surface area contributed by atoms with Gasteiger partial charge in [0.15, 0.2) is 0 Å². The summed E-state index contributed by atoms with van der Waals surface area (Å²) >= 11 is 0. The van der Waals surface area contributed by atoms with Crippen LogP contribution in [0.2, 0.25) is 0 Å². The zero-order chi connectivity index (χ0) is 20.4. The average Bonchev–Trinajstić information content (AvgIpc) is 3.35. The first kappa shape index (κ1) is 18.2. The molecule has 29 heavy (non-hydrogen) atoms. The smallest absolute Gasteiger partial charge is 0.343 e. The molecule has 0 spiro atoms. The summed E-state index contributed by atoms with van der Waals surface area (Å²) in [4.78, 5) is 22.7. The maximum Gasteiger partial charge on any atom is 0.343 e. The number of non-ortho nitro benzene ring substituents is 1. The van der Waals surface area contributed by atoms with E-state index in [0.29, 0.717) is 34.2 Å². The molecule has 0 aliphatic carbocycles. The maximum atomic E-state index is 12.2. The van der Waals surface area contributed by atoms with Crippen molar-refractivity contribution in [3.05, 3.63) is 93.8 Å². The van der Waals surface area contributed by atoms with Gasteiger partial charge in [-0.2, -0.15) is 0 Å². The number of ether oxygens (including phenoxy) is 2. The van der Waals surface area contributed by atoms with E-state index in [2.05, 4.69) is 0 Å². The van der Waals surface area contributed by atoms with Gasteiger partial charge in [0.1, 0.15) is 23.0 Å². The van der Waals surface area contributed by atoms with E-state index < -0.39 is 10.9 Å². The van der Waals surface area contributed by atoms with Crippen molar-refractivity contribution in [1.29, 1.82) is 0 Å². The van der Waals surface area contributed by atoms with Gasteiger partial charge >= 0.3 is 5.97 Å². The molecule has 7 heteroatoms. The molecule has 0 bridgehead atoms. The number of esters is 1. The number of hydrogen-bond acceptors (Lipinski definition) is 6. The van der Waals surface area contributed by atoms with Crippen molar-refractivity contribution >= 4 is 23.5 Å². The molecule has 2 heterocycles. The zero-order valence-corrected chi connectivity index (χ0v) is 15.3. The fourth-order valence-corrected chi connectivity index (χ4v) is 2.90. The molecule has 0 atom stereocenters. The lowest BCUT2D eigenvalue weighted by Gasteiger charge is -2.03. The summed E-state index contributed by atoms with van der Waals surface area (Å²) in [6, 6.07) is 16.7. The van der Waals surface area contributed by atoms with Gasteiger partial charge in [-0.05, 0) is 48.6 Å². The van der Waals surface area contributed by atoms with E-state index in [0.717, 1.165) is 5.56 Å². The highest BCUT2D eigenvalue weighted by Crippen LogP contribution is 2.30. The van der Waals surface area contributed by atoms with E-state index in [1.807, 2.05) is 0 Å². The third kappa shape index (κ3) is 3.79. The van der Waals surface area contributed by atoms with Crippen LogP contribution in [0, 0.1) is 10.1 Å². The van der Waals surface area contributed by atoms with Gasteiger partial charge < -0.3 is 13.9 Å². The molecule has 1 aliphatic rings. The van der Waals surface area contributed by atoms with Crippen LogP contribution in [0.4, 0.5) is 5.69 Å². The predicted octanol–water partition coefficient (Wildman–Crippen LogP) is 4.84. The van der Waals surface area contributed by atoms with Crippen molar-refractivity contribution in [2.75, 3.05) is 7.11 Å². The average molecular weight is 389 g/mol. The van der Waals surface area contributed by atoms with Gasteiger partial charge in [-0.15, -0.1) is 0 Å². The Morgan fingerprint density at radius 3 is 2.55 bits per heavy atom. The van der Waals surface area contributed by atoms with Crippen molar-refractivity contribution in [2.45, 2.75) is 0 Å². The van der Waals surface area contributed by atoms with Gasteiger partial charge in [0, 0.05) is 23.3 Å². The van der Waals surface area contributed by atoms with Crippen molar-refractivity contribution < 1.29 is 23.6 Å². The summed E-state index contributed by atoms with van der Waals surface area (Å²) in [6.07, 6.45) is 3.21. The number of carbonyl (C=O) groups is 1. The second kappa shape index (κ2) is 7.47. The summed E-state index contributed by atoms with van der Waals surface area (Å²) in [6.45, 7) is 0. The Bertz CT molecular complexity index is 1150. The Kier molecular flexibility index (Phi) is 4.70. The van der Waals surface area contributed by atoms with Crippen LogP contribution in [0.1, 0.15) is 11.3 Å². The van der Waals surface area contributed by atoms with Crippen LogP contribution in [-0.2, 0) is 9.53 Å². The minimum Gasteiger partial charge on any atom is -0.497 e. The number of nitrogens with zero attached hydrogens (tertiary/aromatic N) is 1. The van der Waals surface area contributed by atoms with Gasteiger partial charge in [0.25, 0.3) is 5.69 Å². The van der Waals surface area contributed by atoms with Crippen LogP contribution in [0.5, 0.6) is 5.75 Å². The van der Waals surface area contributed by atoms with E-state index in [4.69, 9.17) is 13.9 Å². The van der Waals surface area contributed by atoms with E-state index in [-0.39, 0.29) is 5.69 Å². The third-order valence-corrected chi connectivity index (χ3v) is 4.37. The molecular weight excluding hydrogens is 374 g/mol. The monoisotopic (exact) mass is 389 g/mol. The minimum atomic E-state index is -0.482. The lowest BCUT2D eigenvalue weighted by Crippen LogP contribution is -1.97. The summed E-state index contributed by atoms with van der Waals surface area (Å²) in [5.41, 5.74) is 1.65. The quantitative estimate of drug-likeness (QED) is 0.268. The second-order valence-electron chi connectivity index (χ2n) is 6.24. The zero-order valence-electron chi connectivity index (χ0n) is 15.3. The molecule has 0 unspecified atom stereocenters. The van der Waals surface area contributed by atoms with Crippen LogP contribution in [-0.4, -0.2) is 18.0 Å². The number of methoxy groups -OCH3 is 1. The minimum absolute atomic E-state index is 0.0229. The fraction of sp³-hybridized carbons (Fsp3) is 0.0455. The van der Waals surface area contributed by atoms with Crippen LogP contribution in [0.15, 0.2) is 76.7 Å². The third-order valence-electron chi connectivity index (χ3n) is 4.37. The predicted molar refractivity (Wildman–Crippen MR) is 106 cm³/mol. The molecule has 4 rings (SSSR count). The van der Waals surface area contributed by atoms with Crippen molar-refractivity contribution in [3.63, 3.8) is 0 Å². The van der Waals surface area contributed by atoms with Crippen LogP contribution < -0.4 is 4.74 Å². The first-order chi connectivity index (χ1) is 14.0. The van der Waals surface area contributed by atoms with E-state index >= 15 is 0 Å². The topological polar surface area (TPSA) is 91.8 Å². The Hall–Kier alpha value is -4.13. The molecule has 0 radical (unpaired) electrons. The Labute approximate surface area is 165 Å². The maximum absolute atomic E-state index is 12.2. The first-order valence-electron chi connectivity index (χ1n) is 8.68. The molecular formula is C22H15NO6. The van der Waals surface area contributed by atoms with E-state index in [1.165, 1.54) is 12.1 Å². The summed E-state index contributed by atoms with van der Waals surface area (Å²) in [5.74, 6) is 1.56. The largest absolute Gasteiger partial charge is 0.497 e. The van der Waals surface area contributed by atoms with Crippen LogP contribution >= 0.6 is 0 Å². The lowest BCUT2D eigenvalue weighted by molar-refractivity contribution is -0.384. The second-order valence-corrected chi connectivity index (χ2v) is 6.24. The summed E-state index contributed by atoms with van der Waals surface area (Å²) in [7, 11) is 1.58. The van der Waals surface area contributed by atoms with Crippen LogP contribution in [0.3, 0.4) is 0 Å². The fourth-order valence-electron chi connectivity index (χ4n) is 2.90. The SMILES string of the molecule is COc1ccc(C2=CC(=Cc3ccc(-c4cccc([N+](=O)[O-])c4)o3)C(=O)O2)cc1. The van der Waals surface area contributed by atoms with Gasteiger partial charge in [-0.25, -0.2) is 4.79 Å². The molecule has 0 N–H and O–H groups in total. The molecule has 3 aromatic rings. The highest BCUT2D eigenvalue weighted by atomic mass is 16.6. The van der Waals surface area contributed by atoms with Crippen LogP contribution in [0.25, 0.3) is 23.2 Å². The number of rotatable bonds is 5. The van der Waals surface area contributed by atoms with Crippen molar-refractivity contribution in [3.8, 4) is 17.1 Å². The normalized spacial score (nSPS) is 14.6. The highest BCUT2D eigenvalue weighted by molar-refractivity contribution is 6.04. The number of nitro groups is 1. The Balaban J connectivity index is 1.59. The van der Waals surface area contributed by atoms with Gasteiger partial charge in [-0.1, -0.05) is 12.1 Å².